The van der Waals surface area contributed by atoms with Crippen molar-refractivity contribution in [1.29, 1.82) is 0 Å². The summed E-state index contributed by atoms with van der Waals surface area (Å²) in [7, 11) is 1.73. The Bertz CT molecular complexity index is 253. The number of piperidine rings is 1. The van der Waals surface area contributed by atoms with Crippen LogP contribution in [0.3, 0.4) is 0 Å². The molecule has 2 N–H and O–H groups in total. The Morgan fingerprint density at radius 1 is 1.41 bits per heavy atom. The van der Waals surface area contributed by atoms with Gasteiger partial charge in [0.25, 0.3) is 0 Å². The van der Waals surface area contributed by atoms with E-state index in [-0.39, 0.29) is 11.3 Å². The summed E-state index contributed by atoms with van der Waals surface area (Å²) in [5, 5.41) is 0. The Kier molecular flexibility index (Phi) is 4.95. The van der Waals surface area contributed by atoms with Crippen LogP contribution in [-0.4, -0.2) is 43.7 Å². The first-order valence-electron chi connectivity index (χ1n) is 6.39. The maximum atomic E-state index is 12.2. The normalized spacial score (nSPS) is 20.4. The molecule has 0 aromatic carbocycles. The molecule has 1 saturated heterocycles. The van der Waals surface area contributed by atoms with E-state index in [9.17, 15) is 4.79 Å². The Labute approximate surface area is 104 Å². The number of ether oxygens (including phenoxy) is 1. The highest BCUT2D eigenvalue weighted by molar-refractivity contribution is 5.82. The molecule has 1 aliphatic heterocycles. The van der Waals surface area contributed by atoms with Crippen molar-refractivity contribution in [2.24, 2.45) is 17.1 Å². The Morgan fingerprint density at radius 3 is 2.35 bits per heavy atom. The van der Waals surface area contributed by atoms with Gasteiger partial charge in [-0.05, 0) is 24.2 Å². The molecule has 0 aromatic heterocycles. The van der Waals surface area contributed by atoms with Crippen molar-refractivity contribution in [3.8, 4) is 0 Å². The number of carbonyl (C=O) groups excluding carboxylic acids is 1. The van der Waals surface area contributed by atoms with Crippen molar-refractivity contribution in [3.05, 3.63) is 0 Å². The maximum absolute atomic E-state index is 12.2. The van der Waals surface area contributed by atoms with Crippen LogP contribution < -0.4 is 5.73 Å². The second-order valence-corrected chi connectivity index (χ2v) is 6.07. The molecule has 1 aliphatic rings. The molecule has 1 atom stereocenters. The summed E-state index contributed by atoms with van der Waals surface area (Å²) in [6, 6.07) is -0.401. The molecule has 1 fully saturated rings. The standard InChI is InChI=1S/C13H26N2O2/c1-13(2,3)11(14)12(16)15-7-5-10(6-8-15)9-17-4/h10-11H,5-9,14H2,1-4H3. The molecule has 17 heavy (non-hydrogen) atoms. The lowest BCUT2D eigenvalue weighted by Crippen LogP contribution is -2.52. The first-order valence-corrected chi connectivity index (χ1v) is 6.39. The molecule has 0 saturated carbocycles. The lowest BCUT2D eigenvalue weighted by Gasteiger charge is -2.36. The molecule has 4 nitrogen and oxygen atoms in total. The van der Waals surface area contributed by atoms with Gasteiger partial charge in [-0.1, -0.05) is 20.8 Å². The smallest absolute Gasteiger partial charge is 0.240 e. The van der Waals surface area contributed by atoms with Gasteiger partial charge in [0.1, 0.15) is 0 Å². The van der Waals surface area contributed by atoms with Gasteiger partial charge in [0.2, 0.25) is 5.91 Å². The van der Waals surface area contributed by atoms with Crippen LogP contribution in [0.1, 0.15) is 33.6 Å². The summed E-state index contributed by atoms with van der Waals surface area (Å²) in [5.74, 6) is 0.684. The molecule has 100 valence electrons. The molecule has 0 aromatic rings. The van der Waals surface area contributed by atoms with Crippen molar-refractivity contribution in [3.63, 3.8) is 0 Å². The van der Waals surface area contributed by atoms with Gasteiger partial charge in [-0.3, -0.25) is 4.79 Å². The number of likely N-dealkylation sites (tertiary alicyclic amines) is 1. The highest BCUT2D eigenvalue weighted by Gasteiger charge is 2.32. The minimum atomic E-state index is -0.401. The molecule has 0 aliphatic carbocycles. The fourth-order valence-corrected chi connectivity index (χ4v) is 2.12. The second kappa shape index (κ2) is 5.83. The first-order chi connectivity index (χ1) is 7.86. The number of methoxy groups -OCH3 is 1. The summed E-state index contributed by atoms with van der Waals surface area (Å²) in [4.78, 5) is 14.1. The summed E-state index contributed by atoms with van der Waals surface area (Å²) >= 11 is 0. The first kappa shape index (κ1) is 14.5. The summed E-state index contributed by atoms with van der Waals surface area (Å²) in [6.07, 6.45) is 2.05. The van der Waals surface area contributed by atoms with Gasteiger partial charge in [0, 0.05) is 26.8 Å². The van der Waals surface area contributed by atoms with Crippen LogP contribution in [0, 0.1) is 11.3 Å². The Balaban J connectivity index is 2.46. The number of carbonyl (C=O) groups is 1. The highest BCUT2D eigenvalue weighted by atomic mass is 16.5. The van der Waals surface area contributed by atoms with E-state index in [0.29, 0.717) is 5.92 Å². The van der Waals surface area contributed by atoms with Gasteiger partial charge in [-0.15, -0.1) is 0 Å². The maximum Gasteiger partial charge on any atom is 0.240 e. The fourth-order valence-electron chi connectivity index (χ4n) is 2.12. The van der Waals surface area contributed by atoms with Crippen LogP contribution >= 0.6 is 0 Å². The third kappa shape index (κ3) is 3.96. The molecule has 1 unspecified atom stereocenters. The van der Waals surface area contributed by atoms with Crippen LogP contribution in [0.4, 0.5) is 0 Å². The zero-order valence-corrected chi connectivity index (χ0v) is 11.5. The van der Waals surface area contributed by atoms with Gasteiger partial charge in [0.15, 0.2) is 0 Å². The van der Waals surface area contributed by atoms with Gasteiger partial charge >= 0.3 is 0 Å². The SMILES string of the molecule is COCC1CCN(C(=O)C(N)C(C)(C)C)CC1. The molecular formula is C13H26N2O2. The average molecular weight is 242 g/mol. The van der Waals surface area contributed by atoms with Crippen molar-refractivity contribution in [2.45, 2.75) is 39.7 Å². The van der Waals surface area contributed by atoms with Crippen molar-refractivity contribution in [1.82, 2.24) is 4.90 Å². The van der Waals surface area contributed by atoms with Crippen molar-refractivity contribution < 1.29 is 9.53 Å². The van der Waals surface area contributed by atoms with Crippen LogP contribution in [-0.2, 0) is 9.53 Å². The van der Waals surface area contributed by atoms with Gasteiger partial charge < -0.3 is 15.4 Å². The summed E-state index contributed by atoms with van der Waals surface area (Å²) < 4.78 is 5.15. The monoisotopic (exact) mass is 242 g/mol. The number of nitrogens with zero attached hydrogens (tertiary/aromatic N) is 1. The molecular weight excluding hydrogens is 216 g/mol. The Hall–Kier alpha value is -0.610. The number of amides is 1. The van der Waals surface area contributed by atoms with E-state index in [2.05, 4.69) is 0 Å². The summed E-state index contributed by atoms with van der Waals surface area (Å²) in [5.41, 5.74) is 5.84. The number of hydrogen-bond donors (Lipinski definition) is 1. The van der Waals surface area contributed by atoms with Crippen LogP contribution in [0.2, 0.25) is 0 Å². The zero-order chi connectivity index (χ0) is 13.1. The molecule has 4 heteroatoms. The lowest BCUT2D eigenvalue weighted by atomic mass is 9.86. The van der Waals surface area contributed by atoms with Crippen molar-refractivity contribution >= 4 is 5.91 Å². The van der Waals surface area contributed by atoms with Crippen molar-refractivity contribution in [2.75, 3.05) is 26.8 Å². The fraction of sp³-hybridized carbons (Fsp3) is 0.923. The molecule has 0 radical (unpaired) electrons. The van der Waals surface area contributed by atoms with Gasteiger partial charge in [-0.2, -0.15) is 0 Å². The highest BCUT2D eigenvalue weighted by Crippen LogP contribution is 2.22. The van der Waals surface area contributed by atoms with E-state index in [1.54, 1.807) is 7.11 Å². The van der Waals surface area contributed by atoms with E-state index in [1.807, 2.05) is 25.7 Å². The lowest BCUT2D eigenvalue weighted by molar-refractivity contribution is -0.136. The van der Waals surface area contributed by atoms with Gasteiger partial charge in [0.05, 0.1) is 6.04 Å². The van der Waals surface area contributed by atoms with E-state index in [0.717, 1.165) is 32.5 Å². The number of rotatable bonds is 3. The van der Waals surface area contributed by atoms with Crippen LogP contribution in [0.25, 0.3) is 0 Å². The van der Waals surface area contributed by atoms with Crippen LogP contribution in [0.5, 0.6) is 0 Å². The molecule has 1 amide bonds. The molecule has 0 spiro atoms. The van der Waals surface area contributed by atoms with Gasteiger partial charge in [-0.25, -0.2) is 0 Å². The topological polar surface area (TPSA) is 55.6 Å². The Morgan fingerprint density at radius 2 is 1.94 bits per heavy atom. The quantitative estimate of drug-likeness (QED) is 0.810. The molecule has 1 heterocycles. The largest absolute Gasteiger partial charge is 0.384 e. The number of hydrogen-bond acceptors (Lipinski definition) is 3. The minimum absolute atomic E-state index is 0.0911. The minimum Gasteiger partial charge on any atom is -0.384 e. The molecule has 0 bridgehead atoms. The van der Waals surface area contributed by atoms with E-state index >= 15 is 0 Å². The van der Waals surface area contributed by atoms with Crippen LogP contribution in [0.15, 0.2) is 0 Å². The summed E-state index contributed by atoms with van der Waals surface area (Å²) in [6.45, 7) is 8.45. The number of nitrogens with two attached hydrogens (primary N) is 1. The van der Waals surface area contributed by atoms with E-state index in [4.69, 9.17) is 10.5 Å². The van der Waals surface area contributed by atoms with E-state index in [1.165, 1.54) is 0 Å². The second-order valence-electron chi connectivity index (χ2n) is 6.07. The molecule has 1 rings (SSSR count). The zero-order valence-electron chi connectivity index (χ0n) is 11.5. The third-order valence-electron chi connectivity index (χ3n) is 3.53. The predicted octanol–water partition coefficient (Wildman–Crippen LogP) is 1.24. The van der Waals surface area contributed by atoms with E-state index < -0.39 is 6.04 Å². The average Bonchev–Trinajstić information content (AvgIpc) is 2.27. The third-order valence-corrected chi connectivity index (χ3v) is 3.53. The predicted molar refractivity (Wildman–Crippen MR) is 68.6 cm³/mol.